The third-order valence-corrected chi connectivity index (χ3v) is 6.25. The van der Waals surface area contributed by atoms with Crippen LogP contribution in [0.1, 0.15) is 117 Å². The molecule has 0 radical (unpaired) electrons. The molecule has 0 spiro atoms. The minimum Gasteiger partial charge on any atom is -0.393 e. The average molecular weight is 379 g/mol. The number of aliphatic hydroxyl groups excluding tert-OH is 1. The van der Waals surface area contributed by atoms with E-state index in [4.69, 9.17) is 0 Å². The summed E-state index contributed by atoms with van der Waals surface area (Å²) in [7, 11) is -4.06. The van der Waals surface area contributed by atoms with Crippen LogP contribution in [0.3, 0.4) is 0 Å². The maximum Gasteiger partial charge on any atom is 0.267 e. The lowest BCUT2D eigenvalue weighted by Gasteiger charge is -2.18. The molecule has 0 aromatic rings. The largest absolute Gasteiger partial charge is 0.393 e. The lowest BCUT2D eigenvalue weighted by atomic mass is 10.0. The van der Waals surface area contributed by atoms with Gasteiger partial charge in [-0.1, -0.05) is 97.3 Å². The second-order valence-electron chi connectivity index (χ2n) is 7.49. The summed E-state index contributed by atoms with van der Waals surface area (Å²) in [4.78, 5) is 0. The molecule has 2 unspecified atom stereocenters. The molecular weight excluding hydrogens is 336 g/mol. The summed E-state index contributed by atoms with van der Waals surface area (Å²) in [6.45, 7) is 4.35. The molecule has 0 amide bonds. The zero-order chi connectivity index (χ0) is 19.0. The second-order valence-corrected chi connectivity index (χ2v) is 9.19. The minimum atomic E-state index is -4.06. The van der Waals surface area contributed by atoms with Gasteiger partial charge in [-0.2, -0.15) is 8.42 Å². The molecular formula is C20H42O4S. The van der Waals surface area contributed by atoms with Crippen LogP contribution in [-0.2, 0) is 10.1 Å². The van der Waals surface area contributed by atoms with E-state index in [1.54, 1.807) is 0 Å². The highest BCUT2D eigenvalue weighted by atomic mass is 32.2. The van der Waals surface area contributed by atoms with Crippen molar-refractivity contribution < 1.29 is 18.1 Å². The van der Waals surface area contributed by atoms with Gasteiger partial charge in [-0.15, -0.1) is 0 Å². The predicted molar refractivity (Wildman–Crippen MR) is 107 cm³/mol. The van der Waals surface area contributed by atoms with Crippen LogP contribution in [0, 0.1) is 0 Å². The van der Waals surface area contributed by atoms with Crippen molar-refractivity contribution in [2.24, 2.45) is 0 Å². The molecule has 0 aliphatic carbocycles. The minimum absolute atomic E-state index is 0.169. The van der Waals surface area contributed by atoms with Gasteiger partial charge in [-0.05, 0) is 19.3 Å². The third kappa shape index (κ3) is 15.8. The Morgan fingerprint density at radius 2 is 1.08 bits per heavy atom. The molecule has 0 aromatic carbocycles. The van der Waals surface area contributed by atoms with E-state index in [0.29, 0.717) is 12.8 Å². The molecule has 25 heavy (non-hydrogen) atoms. The van der Waals surface area contributed by atoms with Crippen molar-refractivity contribution in [3.05, 3.63) is 0 Å². The number of aliphatic hydroxyl groups is 1. The fraction of sp³-hybridized carbons (Fsp3) is 1.00. The molecule has 0 aliphatic rings. The molecule has 4 nitrogen and oxygen atoms in total. The Hall–Kier alpha value is -0.130. The molecule has 0 fully saturated rings. The van der Waals surface area contributed by atoms with Crippen molar-refractivity contribution in [2.45, 2.75) is 128 Å². The van der Waals surface area contributed by atoms with Crippen molar-refractivity contribution >= 4 is 10.1 Å². The van der Waals surface area contributed by atoms with E-state index < -0.39 is 21.5 Å². The van der Waals surface area contributed by atoms with Gasteiger partial charge in [-0.3, -0.25) is 4.55 Å². The lowest BCUT2D eigenvalue weighted by Crippen LogP contribution is -2.26. The van der Waals surface area contributed by atoms with Gasteiger partial charge in [-0.25, -0.2) is 0 Å². The van der Waals surface area contributed by atoms with Crippen LogP contribution in [0.5, 0.6) is 0 Å². The summed E-state index contributed by atoms with van der Waals surface area (Å²) in [6, 6.07) is 0. The first-order chi connectivity index (χ1) is 11.9. The van der Waals surface area contributed by atoms with Gasteiger partial charge in [0, 0.05) is 0 Å². The van der Waals surface area contributed by atoms with Gasteiger partial charge < -0.3 is 5.11 Å². The summed E-state index contributed by atoms with van der Waals surface area (Å²) in [6.07, 6.45) is 15.5. The number of hydrogen-bond acceptors (Lipinski definition) is 3. The zero-order valence-corrected chi connectivity index (χ0v) is 17.4. The van der Waals surface area contributed by atoms with E-state index in [9.17, 15) is 18.1 Å². The Kier molecular flexibility index (Phi) is 16.0. The molecule has 2 N–H and O–H groups in total. The molecule has 2 atom stereocenters. The molecule has 152 valence electrons. The third-order valence-electron chi connectivity index (χ3n) is 4.98. The zero-order valence-electron chi connectivity index (χ0n) is 16.6. The molecule has 0 heterocycles. The first kappa shape index (κ1) is 24.9. The van der Waals surface area contributed by atoms with E-state index in [1.807, 2.05) is 0 Å². The maximum absolute atomic E-state index is 11.6. The SMILES string of the molecule is CCCCCCCCCCCC(CC(O)CCCCCC)S(=O)(=O)O. The molecule has 0 aromatic heterocycles. The van der Waals surface area contributed by atoms with Crippen LogP contribution >= 0.6 is 0 Å². The van der Waals surface area contributed by atoms with E-state index in [1.165, 1.54) is 38.5 Å². The van der Waals surface area contributed by atoms with Crippen LogP contribution in [0.4, 0.5) is 0 Å². The first-order valence-corrected chi connectivity index (χ1v) is 12.1. The highest BCUT2D eigenvalue weighted by molar-refractivity contribution is 7.86. The van der Waals surface area contributed by atoms with Gasteiger partial charge in [0.2, 0.25) is 0 Å². The fourth-order valence-corrected chi connectivity index (χ4v) is 4.23. The van der Waals surface area contributed by atoms with Crippen LogP contribution < -0.4 is 0 Å². The summed E-state index contributed by atoms with van der Waals surface area (Å²) in [5.41, 5.74) is 0. The monoisotopic (exact) mass is 378 g/mol. The number of rotatable bonds is 18. The summed E-state index contributed by atoms with van der Waals surface area (Å²) in [5, 5.41) is 9.24. The molecule has 5 heteroatoms. The Bertz CT molecular complexity index is 381. The van der Waals surface area contributed by atoms with E-state index in [2.05, 4.69) is 13.8 Å². The number of unbranched alkanes of at least 4 members (excludes halogenated alkanes) is 11. The highest BCUT2D eigenvalue weighted by Crippen LogP contribution is 2.20. The molecule has 0 aliphatic heterocycles. The van der Waals surface area contributed by atoms with Crippen molar-refractivity contribution in [1.82, 2.24) is 0 Å². The van der Waals surface area contributed by atoms with Gasteiger partial charge >= 0.3 is 0 Å². The lowest BCUT2D eigenvalue weighted by molar-refractivity contribution is 0.147. The Morgan fingerprint density at radius 1 is 0.680 bits per heavy atom. The topological polar surface area (TPSA) is 74.6 Å². The standard InChI is InChI=1S/C20H42O4S/c1-3-5-7-9-10-11-12-13-15-17-20(25(22,23)24)18-19(21)16-14-8-6-4-2/h19-21H,3-18H2,1-2H3,(H,22,23,24). The van der Waals surface area contributed by atoms with Crippen molar-refractivity contribution in [1.29, 1.82) is 0 Å². The van der Waals surface area contributed by atoms with Gasteiger partial charge in [0.1, 0.15) is 0 Å². The van der Waals surface area contributed by atoms with Crippen LogP contribution in [0.25, 0.3) is 0 Å². The fourth-order valence-electron chi connectivity index (χ4n) is 3.30. The Labute approximate surface area is 156 Å². The normalized spacial score (nSPS) is 14.6. The summed E-state index contributed by atoms with van der Waals surface area (Å²) in [5.74, 6) is 0. The van der Waals surface area contributed by atoms with Gasteiger partial charge in [0.05, 0.1) is 11.4 Å². The number of hydrogen-bond donors (Lipinski definition) is 2. The average Bonchev–Trinajstić information content (AvgIpc) is 2.55. The van der Waals surface area contributed by atoms with Gasteiger partial charge in [0.25, 0.3) is 10.1 Å². The smallest absolute Gasteiger partial charge is 0.267 e. The quantitative estimate of drug-likeness (QED) is 0.230. The molecule has 0 rings (SSSR count). The van der Waals surface area contributed by atoms with E-state index in [-0.39, 0.29) is 6.42 Å². The first-order valence-electron chi connectivity index (χ1n) is 10.6. The molecule has 0 bridgehead atoms. The second kappa shape index (κ2) is 16.1. The highest BCUT2D eigenvalue weighted by Gasteiger charge is 2.25. The Balaban J connectivity index is 3.89. The molecule has 0 saturated heterocycles. The van der Waals surface area contributed by atoms with Crippen LogP contribution in [0.2, 0.25) is 0 Å². The predicted octanol–water partition coefficient (Wildman–Crippen LogP) is 5.89. The summed E-state index contributed by atoms with van der Waals surface area (Å²) < 4.78 is 32.5. The van der Waals surface area contributed by atoms with Crippen molar-refractivity contribution in [2.75, 3.05) is 0 Å². The van der Waals surface area contributed by atoms with Crippen LogP contribution in [-0.4, -0.2) is 29.4 Å². The summed E-state index contributed by atoms with van der Waals surface area (Å²) >= 11 is 0. The van der Waals surface area contributed by atoms with Crippen molar-refractivity contribution in [3.63, 3.8) is 0 Å². The van der Waals surface area contributed by atoms with Crippen LogP contribution in [0.15, 0.2) is 0 Å². The van der Waals surface area contributed by atoms with Crippen molar-refractivity contribution in [3.8, 4) is 0 Å². The van der Waals surface area contributed by atoms with E-state index in [0.717, 1.165) is 44.9 Å². The Morgan fingerprint density at radius 3 is 1.56 bits per heavy atom. The van der Waals surface area contributed by atoms with Gasteiger partial charge in [0.15, 0.2) is 0 Å². The molecule has 0 saturated carbocycles. The maximum atomic E-state index is 11.6. The van der Waals surface area contributed by atoms with E-state index >= 15 is 0 Å².